The maximum absolute atomic E-state index is 10.8. The third-order valence-corrected chi connectivity index (χ3v) is 2.91. The molecule has 0 bridgehead atoms. The van der Waals surface area contributed by atoms with Gasteiger partial charge in [0.15, 0.2) is 0 Å². The summed E-state index contributed by atoms with van der Waals surface area (Å²) in [6, 6.07) is 9.45. The van der Waals surface area contributed by atoms with Gasteiger partial charge in [-0.3, -0.25) is 10.1 Å². The first-order chi connectivity index (χ1) is 8.18. The highest BCUT2D eigenvalue weighted by molar-refractivity contribution is 5.44. The average molecular weight is 225 g/mol. The molecule has 2 rings (SSSR count). The number of hydrogen-bond donors (Lipinski definition) is 0. The third kappa shape index (κ3) is 1.98. The molecule has 0 heterocycles. The lowest BCUT2D eigenvalue weighted by Crippen LogP contribution is -2.25. The van der Waals surface area contributed by atoms with Crippen LogP contribution in [0.3, 0.4) is 0 Å². The minimum Gasteiger partial charge on any atom is -0.259 e. The SMILES string of the molecule is C#CC1(c2ccccc2)C=CC=C([N+](=O)[O-])C1. The van der Waals surface area contributed by atoms with Crippen LogP contribution in [0.5, 0.6) is 0 Å². The Labute approximate surface area is 99.6 Å². The van der Waals surface area contributed by atoms with E-state index in [1.807, 2.05) is 36.4 Å². The Morgan fingerprint density at radius 2 is 2.06 bits per heavy atom. The summed E-state index contributed by atoms with van der Waals surface area (Å²) < 4.78 is 0. The van der Waals surface area contributed by atoms with Crippen molar-refractivity contribution in [2.45, 2.75) is 11.8 Å². The molecular formula is C14H11NO2. The van der Waals surface area contributed by atoms with Gasteiger partial charge < -0.3 is 0 Å². The van der Waals surface area contributed by atoms with Crippen molar-refractivity contribution in [1.82, 2.24) is 0 Å². The van der Waals surface area contributed by atoms with Crippen molar-refractivity contribution in [2.75, 3.05) is 0 Å². The van der Waals surface area contributed by atoms with Gasteiger partial charge in [-0.2, -0.15) is 0 Å². The molecule has 1 aromatic rings. The molecule has 0 aliphatic heterocycles. The Bertz CT molecular complexity index is 537. The van der Waals surface area contributed by atoms with Crippen LogP contribution in [0, 0.1) is 22.5 Å². The first-order valence-electron chi connectivity index (χ1n) is 5.24. The van der Waals surface area contributed by atoms with Crippen molar-refractivity contribution in [1.29, 1.82) is 0 Å². The van der Waals surface area contributed by atoms with Gasteiger partial charge >= 0.3 is 0 Å². The molecule has 0 saturated carbocycles. The summed E-state index contributed by atoms with van der Waals surface area (Å²) in [5, 5.41) is 10.8. The first-order valence-corrected chi connectivity index (χ1v) is 5.24. The summed E-state index contributed by atoms with van der Waals surface area (Å²) in [4.78, 5) is 10.4. The van der Waals surface area contributed by atoms with Crippen molar-refractivity contribution in [3.8, 4) is 12.3 Å². The molecule has 0 aromatic heterocycles. The van der Waals surface area contributed by atoms with E-state index in [1.54, 1.807) is 6.08 Å². The van der Waals surface area contributed by atoms with Crippen molar-refractivity contribution in [3.63, 3.8) is 0 Å². The molecule has 84 valence electrons. The molecule has 0 N–H and O–H groups in total. The van der Waals surface area contributed by atoms with Gasteiger partial charge in [0.1, 0.15) is 0 Å². The number of benzene rings is 1. The number of rotatable bonds is 2. The molecule has 0 saturated heterocycles. The average Bonchev–Trinajstić information content (AvgIpc) is 2.39. The van der Waals surface area contributed by atoms with Gasteiger partial charge in [-0.15, -0.1) is 6.42 Å². The van der Waals surface area contributed by atoms with E-state index in [9.17, 15) is 10.1 Å². The maximum atomic E-state index is 10.8. The highest BCUT2D eigenvalue weighted by atomic mass is 16.6. The highest BCUT2D eigenvalue weighted by Gasteiger charge is 2.34. The smallest absolute Gasteiger partial charge is 0.248 e. The number of hydrogen-bond acceptors (Lipinski definition) is 2. The van der Waals surface area contributed by atoms with Gasteiger partial charge in [-0.05, 0) is 5.56 Å². The number of terminal acetylenes is 1. The lowest BCUT2D eigenvalue weighted by molar-refractivity contribution is -0.428. The molecule has 0 radical (unpaired) electrons. The lowest BCUT2D eigenvalue weighted by Gasteiger charge is -2.26. The zero-order valence-corrected chi connectivity index (χ0v) is 9.17. The Kier molecular flexibility index (Phi) is 2.80. The maximum Gasteiger partial charge on any atom is 0.248 e. The molecule has 1 aromatic carbocycles. The van der Waals surface area contributed by atoms with Crippen LogP contribution in [0.4, 0.5) is 0 Å². The van der Waals surface area contributed by atoms with E-state index in [0.29, 0.717) is 0 Å². The van der Waals surface area contributed by atoms with E-state index < -0.39 is 5.41 Å². The molecule has 1 atom stereocenters. The molecule has 3 nitrogen and oxygen atoms in total. The second kappa shape index (κ2) is 4.26. The Morgan fingerprint density at radius 3 is 2.65 bits per heavy atom. The van der Waals surface area contributed by atoms with Crippen LogP contribution in [0.15, 0.2) is 54.3 Å². The molecular weight excluding hydrogens is 214 g/mol. The highest BCUT2D eigenvalue weighted by Crippen LogP contribution is 2.34. The van der Waals surface area contributed by atoms with Crippen molar-refractivity contribution < 1.29 is 4.92 Å². The van der Waals surface area contributed by atoms with Gasteiger partial charge in [0.2, 0.25) is 5.70 Å². The van der Waals surface area contributed by atoms with Crippen LogP contribution in [0.25, 0.3) is 0 Å². The summed E-state index contributed by atoms with van der Waals surface area (Å²) >= 11 is 0. The second-order valence-electron chi connectivity index (χ2n) is 3.93. The Morgan fingerprint density at radius 1 is 1.35 bits per heavy atom. The van der Waals surface area contributed by atoms with Crippen LogP contribution in [0.2, 0.25) is 0 Å². The Balaban J connectivity index is 2.44. The quantitative estimate of drug-likeness (QED) is 0.441. The van der Waals surface area contributed by atoms with Crippen molar-refractivity contribution in [2.24, 2.45) is 0 Å². The number of allylic oxidation sites excluding steroid dienone is 4. The Hall–Kier alpha value is -2.34. The molecule has 17 heavy (non-hydrogen) atoms. The van der Waals surface area contributed by atoms with Crippen molar-refractivity contribution in [3.05, 3.63) is 69.9 Å². The predicted octanol–water partition coefficient (Wildman–Crippen LogP) is 2.68. The molecule has 1 aliphatic rings. The van der Waals surface area contributed by atoms with Crippen LogP contribution in [-0.4, -0.2) is 4.92 Å². The minimum absolute atomic E-state index is 0.148. The monoisotopic (exact) mass is 225 g/mol. The lowest BCUT2D eigenvalue weighted by atomic mass is 9.75. The first kappa shape index (κ1) is 11.2. The van der Waals surface area contributed by atoms with E-state index in [-0.39, 0.29) is 17.0 Å². The fourth-order valence-corrected chi connectivity index (χ4v) is 1.97. The van der Waals surface area contributed by atoms with E-state index >= 15 is 0 Å². The molecule has 1 unspecified atom stereocenters. The zero-order chi connectivity index (χ0) is 12.3. The summed E-state index contributed by atoms with van der Waals surface area (Å²) in [6.07, 6.45) is 10.8. The number of nitro groups is 1. The summed E-state index contributed by atoms with van der Waals surface area (Å²) in [5.41, 5.74) is 0.360. The van der Waals surface area contributed by atoms with Gasteiger partial charge in [-0.25, -0.2) is 0 Å². The zero-order valence-electron chi connectivity index (χ0n) is 9.17. The molecule has 0 fully saturated rings. The molecule has 1 aliphatic carbocycles. The molecule has 0 amide bonds. The minimum atomic E-state index is -0.696. The van der Waals surface area contributed by atoms with Crippen LogP contribution in [0.1, 0.15) is 12.0 Å². The van der Waals surface area contributed by atoms with Crippen molar-refractivity contribution >= 4 is 0 Å². The van der Waals surface area contributed by atoms with Crippen LogP contribution in [-0.2, 0) is 5.41 Å². The van der Waals surface area contributed by atoms with Crippen LogP contribution < -0.4 is 0 Å². The van der Waals surface area contributed by atoms with Crippen LogP contribution >= 0.6 is 0 Å². The standard InChI is InChI=1S/C14H11NO2/c1-2-14(12-7-4-3-5-8-12)10-6-9-13(11-14)15(16)17/h1,3-10H,11H2. The predicted molar refractivity (Wildman–Crippen MR) is 65.8 cm³/mol. The normalized spacial score (nSPS) is 22.6. The van der Waals surface area contributed by atoms with Gasteiger partial charge in [-0.1, -0.05) is 48.4 Å². The van der Waals surface area contributed by atoms with E-state index in [0.717, 1.165) is 5.56 Å². The topological polar surface area (TPSA) is 43.1 Å². The van der Waals surface area contributed by atoms with E-state index in [2.05, 4.69) is 5.92 Å². The summed E-state index contributed by atoms with van der Waals surface area (Å²) in [6.45, 7) is 0. The van der Waals surface area contributed by atoms with Gasteiger partial charge in [0.05, 0.1) is 16.8 Å². The second-order valence-corrected chi connectivity index (χ2v) is 3.93. The third-order valence-electron chi connectivity index (χ3n) is 2.91. The fraction of sp³-hybridized carbons (Fsp3) is 0.143. The van der Waals surface area contributed by atoms with Gasteiger partial charge in [0.25, 0.3) is 0 Å². The summed E-state index contributed by atoms with van der Waals surface area (Å²) in [5.74, 6) is 2.69. The molecule has 3 heteroatoms. The van der Waals surface area contributed by atoms with E-state index in [4.69, 9.17) is 6.42 Å². The molecule has 0 spiro atoms. The largest absolute Gasteiger partial charge is 0.259 e. The summed E-state index contributed by atoms with van der Waals surface area (Å²) in [7, 11) is 0. The van der Waals surface area contributed by atoms with E-state index in [1.165, 1.54) is 6.08 Å². The fourth-order valence-electron chi connectivity index (χ4n) is 1.97. The van der Waals surface area contributed by atoms with Gasteiger partial charge in [0, 0.05) is 6.08 Å². The number of nitrogens with zero attached hydrogens (tertiary/aromatic N) is 1.